The van der Waals surface area contributed by atoms with Crippen molar-refractivity contribution in [2.45, 2.75) is 13.3 Å². The lowest BCUT2D eigenvalue weighted by atomic mass is 10.4. The SMILES string of the molecule is CCOC(=O)c1cnc(C=CCCS)s1. The van der Waals surface area contributed by atoms with Crippen molar-refractivity contribution < 1.29 is 9.53 Å². The highest BCUT2D eigenvalue weighted by Gasteiger charge is 2.09. The predicted octanol–water partition coefficient (Wildman–Crippen LogP) is 2.65. The fourth-order valence-electron chi connectivity index (χ4n) is 0.920. The van der Waals surface area contributed by atoms with E-state index in [1.807, 2.05) is 12.2 Å². The second kappa shape index (κ2) is 6.63. The minimum atomic E-state index is -0.302. The van der Waals surface area contributed by atoms with Crippen LogP contribution in [0.3, 0.4) is 0 Å². The molecule has 3 nitrogen and oxygen atoms in total. The standard InChI is InChI=1S/C10H13NO2S2/c1-2-13-10(12)8-7-11-9(15-8)5-3-4-6-14/h3,5,7,14H,2,4,6H2,1H3. The van der Waals surface area contributed by atoms with Gasteiger partial charge in [-0.15, -0.1) is 11.3 Å². The highest BCUT2D eigenvalue weighted by Crippen LogP contribution is 2.15. The van der Waals surface area contributed by atoms with Crippen molar-refractivity contribution in [3.05, 3.63) is 22.2 Å². The third kappa shape index (κ3) is 4.05. The van der Waals surface area contributed by atoms with E-state index in [0.29, 0.717) is 11.5 Å². The molecule has 1 aromatic heterocycles. The molecule has 0 fully saturated rings. The second-order valence-corrected chi connectivity index (χ2v) is 4.21. The van der Waals surface area contributed by atoms with Gasteiger partial charge in [0.15, 0.2) is 0 Å². The van der Waals surface area contributed by atoms with Gasteiger partial charge >= 0.3 is 5.97 Å². The Morgan fingerprint density at radius 1 is 1.73 bits per heavy atom. The van der Waals surface area contributed by atoms with Crippen molar-refractivity contribution in [2.24, 2.45) is 0 Å². The summed E-state index contributed by atoms with van der Waals surface area (Å²) in [5.41, 5.74) is 0. The van der Waals surface area contributed by atoms with Crippen LogP contribution in [0, 0.1) is 0 Å². The predicted molar refractivity (Wildman–Crippen MR) is 65.6 cm³/mol. The number of aromatic nitrogens is 1. The van der Waals surface area contributed by atoms with Crippen LogP contribution in [0.1, 0.15) is 28.0 Å². The summed E-state index contributed by atoms with van der Waals surface area (Å²) in [6, 6.07) is 0. The smallest absolute Gasteiger partial charge is 0.349 e. The summed E-state index contributed by atoms with van der Waals surface area (Å²) in [4.78, 5) is 15.9. The van der Waals surface area contributed by atoms with Crippen molar-refractivity contribution in [1.82, 2.24) is 4.98 Å². The van der Waals surface area contributed by atoms with Crippen LogP contribution >= 0.6 is 24.0 Å². The first kappa shape index (κ1) is 12.3. The van der Waals surface area contributed by atoms with Crippen LogP contribution in [-0.2, 0) is 4.74 Å². The number of hydrogen-bond acceptors (Lipinski definition) is 5. The van der Waals surface area contributed by atoms with E-state index < -0.39 is 0 Å². The molecule has 0 amide bonds. The molecule has 0 saturated carbocycles. The van der Waals surface area contributed by atoms with Crippen molar-refractivity contribution in [3.8, 4) is 0 Å². The van der Waals surface area contributed by atoms with Gasteiger partial charge in [-0.25, -0.2) is 9.78 Å². The maximum absolute atomic E-state index is 11.3. The molecule has 1 rings (SSSR count). The number of rotatable bonds is 5. The van der Waals surface area contributed by atoms with Gasteiger partial charge in [-0.1, -0.05) is 6.08 Å². The Balaban J connectivity index is 2.59. The molecule has 1 heterocycles. The molecule has 1 aromatic rings. The topological polar surface area (TPSA) is 39.2 Å². The summed E-state index contributed by atoms with van der Waals surface area (Å²) >= 11 is 5.42. The molecular formula is C10H13NO2S2. The number of esters is 1. The number of thiazole rings is 1. The maximum Gasteiger partial charge on any atom is 0.349 e. The van der Waals surface area contributed by atoms with Gasteiger partial charge in [-0.05, 0) is 25.2 Å². The Kier molecular flexibility index (Phi) is 5.42. The Hall–Kier alpha value is -0.810. The Morgan fingerprint density at radius 2 is 2.53 bits per heavy atom. The van der Waals surface area contributed by atoms with Crippen LogP contribution in [0.2, 0.25) is 0 Å². The first-order chi connectivity index (χ1) is 7.27. The molecule has 0 radical (unpaired) electrons. The number of hydrogen-bond donors (Lipinski definition) is 1. The molecular weight excluding hydrogens is 230 g/mol. The summed E-state index contributed by atoms with van der Waals surface area (Å²) < 4.78 is 4.86. The van der Waals surface area contributed by atoms with Crippen LogP contribution < -0.4 is 0 Å². The monoisotopic (exact) mass is 243 g/mol. The largest absolute Gasteiger partial charge is 0.462 e. The third-order valence-corrected chi connectivity index (χ3v) is 2.76. The zero-order valence-electron chi connectivity index (χ0n) is 8.47. The zero-order chi connectivity index (χ0) is 11.1. The zero-order valence-corrected chi connectivity index (χ0v) is 10.2. The van der Waals surface area contributed by atoms with Crippen LogP contribution in [0.4, 0.5) is 0 Å². The van der Waals surface area contributed by atoms with E-state index in [2.05, 4.69) is 17.6 Å². The van der Waals surface area contributed by atoms with E-state index in [9.17, 15) is 4.79 Å². The molecule has 0 bridgehead atoms. The number of nitrogens with zero attached hydrogens (tertiary/aromatic N) is 1. The molecule has 0 spiro atoms. The van der Waals surface area contributed by atoms with Crippen LogP contribution in [0.5, 0.6) is 0 Å². The number of thiol groups is 1. The van der Waals surface area contributed by atoms with E-state index in [1.54, 1.807) is 13.1 Å². The molecule has 0 N–H and O–H groups in total. The quantitative estimate of drug-likeness (QED) is 0.638. The summed E-state index contributed by atoms with van der Waals surface area (Å²) in [6.07, 6.45) is 6.32. The first-order valence-electron chi connectivity index (χ1n) is 4.68. The number of carbonyl (C=O) groups is 1. The minimum absolute atomic E-state index is 0.302. The fraction of sp³-hybridized carbons (Fsp3) is 0.400. The van der Waals surface area contributed by atoms with E-state index in [-0.39, 0.29) is 5.97 Å². The summed E-state index contributed by atoms with van der Waals surface area (Å²) in [5.74, 6) is 0.510. The lowest BCUT2D eigenvalue weighted by Gasteiger charge is -1.95. The third-order valence-electron chi connectivity index (χ3n) is 1.56. The molecule has 0 aromatic carbocycles. The maximum atomic E-state index is 11.3. The molecule has 0 aliphatic carbocycles. The van der Waals surface area contributed by atoms with Crippen molar-refractivity contribution in [1.29, 1.82) is 0 Å². The van der Waals surface area contributed by atoms with Crippen molar-refractivity contribution >= 4 is 36.0 Å². The van der Waals surface area contributed by atoms with Crippen LogP contribution in [0.25, 0.3) is 6.08 Å². The normalized spacial score (nSPS) is 10.8. The lowest BCUT2D eigenvalue weighted by Crippen LogP contribution is -2.01. The van der Waals surface area contributed by atoms with Gasteiger partial charge in [-0.3, -0.25) is 0 Å². The van der Waals surface area contributed by atoms with Gasteiger partial charge in [-0.2, -0.15) is 12.6 Å². The number of allylic oxidation sites excluding steroid dienone is 1. The molecule has 15 heavy (non-hydrogen) atoms. The fourth-order valence-corrected chi connectivity index (χ4v) is 1.81. The van der Waals surface area contributed by atoms with Gasteiger partial charge in [0.05, 0.1) is 12.8 Å². The average molecular weight is 243 g/mol. The van der Waals surface area contributed by atoms with Gasteiger partial charge in [0.2, 0.25) is 0 Å². The lowest BCUT2D eigenvalue weighted by molar-refractivity contribution is 0.0532. The van der Waals surface area contributed by atoms with E-state index in [0.717, 1.165) is 17.2 Å². The van der Waals surface area contributed by atoms with Gasteiger partial charge < -0.3 is 4.74 Å². The summed E-state index contributed by atoms with van der Waals surface area (Å²) in [5, 5.41) is 0.819. The molecule has 0 saturated heterocycles. The molecule has 0 aliphatic rings. The number of carbonyl (C=O) groups excluding carboxylic acids is 1. The van der Waals surface area contributed by atoms with Gasteiger partial charge in [0, 0.05) is 0 Å². The van der Waals surface area contributed by atoms with E-state index >= 15 is 0 Å². The molecule has 0 aliphatic heterocycles. The number of ether oxygens (including phenoxy) is 1. The Morgan fingerprint density at radius 3 is 3.20 bits per heavy atom. The van der Waals surface area contributed by atoms with E-state index in [1.165, 1.54) is 11.3 Å². The second-order valence-electron chi connectivity index (χ2n) is 2.70. The highest BCUT2D eigenvalue weighted by atomic mass is 32.1. The van der Waals surface area contributed by atoms with Gasteiger partial charge in [0.1, 0.15) is 9.88 Å². The molecule has 82 valence electrons. The van der Waals surface area contributed by atoms with Crippen molar-refractivity contribution in [2.75, 3.05) is 12.4 Å². The Bertz CT molecular complexity index is 347. The van der Waals surface area contributed by atoms with Crippen LogP contribution in [-0.4, -0.2) is 23.3 Å². The summed E-state index contributed by atoms with van der Waals surface area (Å²) in [6.45, 7) is 2.17. The minimum Gasteiger partial charge on any atom is -0.462 e. The molecule has 0 unspecified atom stereocenters. The first-order valence-corrected chi connectivity index (χ1v) is 6.13. The van der Waals surface area contributed by atoms with Crippen molar-refractivity contribution in [3.63, 3.8) is 0 Å². The van der Waals surface area contributed by atoms with Gasteiger partial charge in [0.25, 0.3) is 0 Å². The molecule has 0 atom stereocenters. The van der Waals surface area contributed by atoms with E-state index in [4.69, 9.17) is 4.74 Å². The molecule has 5 heteroatoms. The Labute approximate surface area is 98.6 Å². The average Bonchev–Trinajstić information content (AvgIpc) is 2.67. The highest BCUT2D eigenvalue weighted by molar-refractivity contribution is 7.80. The summed E-state index contributed by atoms with van der Waals surface area (Å²) in [7, 11) is 0. The van der Waals surface area contributed by atoms with Crippen LogP contribution in [0.15, 0.2) is 12.3 Å².